The Labute approximate surface area is 189 Å². The first-order chi connectivity index (χ1) is 15.0. The molecule has 0 spiro atoms. The van der Waals surface area contributed by atoms with Crippen molar-refractivity contribution in [3.63, 3.8) is 0 Å². The van der Waals surface area contributed by atoms with Crippen LogP contribution in [0.2, 0.25) is 5.02 Å². The van der Waals surface area contributed by atoms with E-state index < -0.39 is 5.25 Å². The molecule has 8 heteroatoms. The molecule has 1 heterocycles. The van der Waals surface area contributed by atoms with Crippen LogP contribution in [-0.4, -0.2) is 26.1 Å². The number of aromatic nitrogens is 4. The van der Waals surface area contributed by atoms with E-state index in [-0.39, 0.29) is 5.91 Å². The number of benzene rings is 3. The minimum Gasteiger partial charge on any atom is -0.325 e. The molecular weight excluding hydrogens is 430 g/mol. The van der Waals surface area contributed by atoms with Crippen molar-refractivity contribution < 1.29 is 4.79 Å². The first kappa shape index (κ1) is 21.1. The fraction of sp³-hybridized carbons (Fsp3) is 0.130. The summed E-state index contributed by atoms with van der Waals surface area (Å²) in [5.41, 5.74) is 4.50. The molecule has 156 valence electrons. The maximum Gasteiger partial charge on any atom is 0.242 e. The summed E-state index contributed by atoms with van der Waals surface area (Å²) in [5.74, 6) is -0.143. The monoisotopic (exact) mass is 449 g/mol. The van der Waals surface area contributed by atoms with Gasteiger partial charge in [0.15, 0.2) is 0 Å². The van der Waals surface area contributed by atoms with E-state index in [4.69, 9.17) is 11.6 Å². The molecule has 4 aromatic rings. The van der Waals surface area contributed by atoms with E-state index in [1.165, 1.54) is 11.8 Å². The highest BCUT2D eigenvalue weighted by atomic mass is 35.5. The highest BCUT2D eigenvalue weighted by Crippen LogP contribution is 2.36. The summed E-state index contributed by atoms with van der Waals surface area (Å²) in [7, 11) is 0. The first-order valence-corrected chi connectivity index (χ1v) is 10.9. The summed E-state index contributed by atoms with van der Waals surface area (Å²) >= 11 is 7.29. The number of rotatable bonds is 6. The van der Waals surface area contributed by atoms with Gasteiger partial charge >= 0.3 is 0 Å². The number of nitrogens with one attached hydrogen (secondary N) is 1. The second-order valence-electron chi connectivity index (χ2n) is 7.07. The van der Waals surface area contributed by atoms with Crippen LogP contribution >= 0.6 is 23.4 Å². The van der Waals surface area contributed by atoms with Crippen molar-refractivity contribution in [2.75, 3.05) is 5.32 Å². The number of hydrogen-bond donors (Lipinski definition) is 1. The van der Waals surface area contributed by atoms with Gasteiger partial charge in [0.25, 0.3) is 0 Å². The summed E-state index contributed by atoms with van der Waals surface area (Å²) in [6.45, 7) is 3.97. The lowest BCUT2D eigenvalue weighted by Crippen LogP contribution is -2.20. The summed E-state index contributed by atoms with van der Waals surface area (Å²) < 4.78 is 1.60. The van der Waals surface area contributed by atoms with Crippen molar-refractivity contribution in [3.05, 3.63) is 94.5 Å². The lowest BCUT2D eigenvalue weighted by atomic mass is 10.1. The molecule has 6 nitrogen and oxygen atoms in total. The Balaban J connectivity index is 1.66. The van der Waals surface area contributed by atoms with Gasteiger partial charge in [-0.05, 0) is 71.3 Å². The zero-order valence-corrected chi connectivity index (χ0v) is 18.6. The normalized spacial score (nSPS) is 11.8. The van der Waals surface area contributed by atoms with Crippen molar-refractivity contribution in [1.82, 2.24) is 20.2 Å². The molecule has 0 aliphatic rings. The Morgan fingerprint density at radius 2 is 1.77 bits per heavy atom. The van der Waals surface area contributed by atoms with Crippen LogP contribution in [0.3, 0.4) is 0 Å². The van der Waals surface area contributed by atoms with Gasteiger partial charge in [0.05, 0.1) is 5.69 Å². The maximum atomic E-state index is 13.4. The molecule has 0 radical (unpaired) electrons. The lowest BCUT2D eigenvalue weighted by molar-refractivity contribution is -0.115. The number of carbonyl (C=O) groups excluding carboxylic acids is 1. The highest BCUT2D eigenvalue weighted by molar-refractivity contribution is 8.00. The van der Waals surface area contributed by atoms with E-state index in [9.17, 15) is 4.79 Å². The van der Waals surface area contributed by atoms with Crippen LogP contribution in [0.1, 0.15) is 21.9 Å². The van der Waals surface area contributed by atoms with Gasteiger partial charge in [-0.2, -0.15) is 4.68 Å². The second-order valence-corrected chi connectivity index (χ2v) is 8.57. The summed E-state index contributed by atoms with van der Waals surface area (Å²) in [6, 6.07) is 22.8. The number of thioether (sulfide) groups is 1. The lowest BCUT2D eigenvalue weighted by Gasteiger charge is -2.18. The van der Waals surface area contributed by atoms with Crippen LogP contribution in [0.25, 0.3) is 5.69 Å². The van der Waals surface area contributed by atoms with E-state index in [2.05, 4.69) is 20.8 Å². The molecule has 0 aliphatic heterocycles. The third kappa shape index (κ3) is 4.95. The van der Waals surface area contributed by atoms with Crippen molar-refractivity contribution in [2.24, 2.45) is 0 Å². The number of anilines is 1. The standard InChI is InChI=1S/C23H20ClN5OS/c1-15-8-9-16(2)20(14-15)25-22(30)21(17-6-4-3-5-7-17)31-23-26-27-28-29(23)19-12-10-18(24)11-13-19/h3-14,21H,1-2H3,(H,25,30)/t21-/m1/s1. The van der Waals surface area contributed by atoms with Crippen LogP contribution < -0.4 is 5.32 Å². The quantitative estimate of drug-likeness (QED) is 0.399. The molecular formula is C23H20ClN5OS. The van der Waals surface area contributed by atoms with Gasteiger partial charge in [-0.1, -0.05) is 65.8 Å². The Bertz CT molecular complexity index is 1190. The third-order valence-corrected chi connectivity index (χ3v) is 6.17. The van der Waals surface area contributed by atoms with Crippen molar-refractivity contribution >= 4 is 35.0 Å². The molecule has 4 rings (SSSR count). The molecule has 1 amide bonds. The predicted molar refractivity (Wildman–Crippen MR) is 124 cm³/mol. The molecule has 0 bridgehead atoms. The van der Waals surface area contributed by atoms with Crippen molar-refractivity contribution in [1.29, 1.82) is 0 Å². The summed E-state index contributed by atoms with van der Waals surface area (Å²) in [4.78, 5) is 13.4. The number of aryl methyl sites for hydroxylation is 2. The third-order valence-electron chi connectivity index (χ3n) is 4.73. The Hall–Kier alpha value is -3.16. The van der Waals surface area contributed by atoms with E-state index in [1.54, 1.807) is 16.8 Å². The molecule has 1 atom stereocenters. The minimum atomic E-state index is -0.543. The molecule has 0 unspecified atom stereocenters. The van der Waals surface area contributed by atoms with Gasteiger partial charge in [0.1, 0.15) is 5.25 Å². The fourth-order valence-electron chi connectivity index (χ4n) is 3.07. The van der Waals surface area contributed by atoms with Gasteiger partial charge in [-0.25, -0.2) is 0 Å². The van der Waals surface area contributed by atoms with Crippen LogP contribution in [0, 0.1) is 13.8 Å². The Morgan fingerprint density at radius 3 is 2.52 bits per heavy atom. The first-order valence-electron chi connectivity index (χ1n) is 9.65. The van der Waals surface area contributed by atoms with E-state index in [1.807, 2.05) is 74.5 Å². The highest BCUT2D eigenvalue weighted by Gasteiger charge is 2.26. The van der Waals surface area contributed by atoms with Gasteiger partial charge in [-0.15, -0.1) is 5.10 Å². The number of hydrogen-bond acceptors (Lipinski definition) is 5. The van der Waals surface area contributed by atoms with Crippen LogP contribution in [0.15, 0.2) is 78.0 Å². The number of halogens is 1. The summed E-state index contributed by atoms with van der Waals surface area (Å²) in [5, 5.41) is 15.7. The van der Waals surface area contributed by atoms with E-state index >= 15 is 0 Å². The Kier molecular flexibility index (Phi) is 6.34. The second kappa shape index (κ2) is 9.32. The molecule has 0 aliphatic carbocycles. The van der Waals surface area contributed by atoms with Gasteiger partial charge in [0, 0.05) is 10.7 Å². The van der Waals surface area contributed by atoms with Crippen LogP contribution in [-0.2, 0) is 4.79 Å². The number of tetrazole rings is 1. The maximum absolute atomic E-state index is 13.4. The fourth-order valence-corrected chi connectivity index (χ4v) is 4.19. The smallest absolute Gasteiger partial charge is 0.242 e. The van der Waals surface area contributed by atoms with Gasteiger partial charge in [0.2, 0.25) is 11.1 Å². The largest absolute Gasteiger partial charge is 0.325 e. The molecule has 31 heavy (non-hydrogen) atoms. The van der Waals surface area contributed by atoms with Crippen molar-refractivity contribution in [3.8, 4) is 5.69 Å². The van der Waals surface area contributed by atoms with Crippen molar-refractivity contribution in [2.45, 2.75) is 24.3 Å². The predicted octanol–water partition coefficient (Wildman–Crippen LogP) is 5.40. The molecule has 0 saturated heterocycles. The summed E-state index contributed by atoms with van der Waals surface area (Å²) in [6.07, 6.45) is 0. The number of nitrogens with zero attached hydrogens (tertiary/aromatic N) is 4. The zero-order valence-electron chi connectivity index (χ0n) is 17.0. The zero-order chi connectivity index (χ0) is 21.8. The SMILES string of the molecule is Cc1ccc(C)c(NC(=O)[C@H](Sc2nnnn2-c2ccc(Cl)cc2)c2ccccc2)c1. The van der Waals surface area contributed by atoms with Gasteiger partial charge in [-0.3, -0.25) is 4.79 Å². The molecule has 0 saturated carbocycles. The molecule has 3 aromatic carbocycles. The van der Waals surface area contributed by atoms with E-state index in [0.717, 1.165) is 28.1 Å². The number of carbonyl (C=O) groups is 1. The van der Waals surface area contributed by atoms with Gasteiger partial charge < -0.3 is 5.32 Å². The molecule has 0 fully saturated rings. The van der Waals surface area contributed by atoms with Crippen LogP contribution in [0.4, 0.5) is 5.69 Å². The molecule has 1 aromatic heterocycles. The average molecular weight is 450 g/mol. The minimum absolute atomic E-state index is 0.143. The average Bonchev–Trinajstić information content (AvgIpc) is 3.24. The topological polar surface area (TPSA) is 72.7 Å². The molecule has 1 N–H and O–H groups in total. The van der Waals surface area contributed by atoms with Crippen LogP contribution in [0.5, 0.6) is 0 Å². The van der Waals surface area contributed by atoms with E-state index in [0.29, 0.717) is 10.2 Å². The Morgan fingerprint density at radius 1 is 1.03 bits per heavy atom. The number of amides is 1.